The number of aromatic nitrogens is 1. The number of carbonyl (C=O) groups excluding carboxylic acids is 2. The summed E-state index contributed by atoms with van der Waals surface area (Å²) in [5.41, 5.74) is 2.18. The number of alkyl carbamates (subject to hydrolysis) is 1. The van der Waals surface area contributed by atoms with E-state index >= 15 is 0 Å². The molecule has 170 valence electrons. The first-order valence-corrected chi connectivity index (χ1v) is 10.9. The molecule has 2 atom stereocenters. The van der Waals surface area contributed by atoms with E-state index in [0.29, 0.717) is 41.8 Å². The van der Waals surface area contributed by atoms with Crippen molar-refractivity contribution >= 4 is 17.7 Å². The SMILES string of the molecule is C[C@@H]1CCC[C@H](NC(=O)OC(C)(C)C)c2cc(ccn2)-c2cc(C#N)c(C#N)cc2NC1=O. The molecule has 0 unspecified atom stereocenters. The Balaban J connectivity index is 2.10. The number of benzene rings is 1. The molecule has 2 aromatic rings. The van der Waals surface area contributed by atoms with E-state index in [9.17, 15) is 20.1 Å². The molecule has 0 spiro atoms. The summed E-state index contributed by atoms with van der Waals surface area (Å²) in [7, 11) is 0. The number of carbonyl (C=O) groups is 2. The van der Waals surface area contributed by atoms with Crippen LogP contribution in [0.5, 0.6) is 0 Å². The maximum Gasteiger partial charge on any atom is 0.408 e. The number of anilines is 1. The Labute approximate surface area is 193 Å². The third-order valence-corrected chi connectivity index (χ3v) is 5.37. The van der Waals surface area contributed by atoms with Gasteiger partial charge in [0.25, 0.3) is 0 Å². The lowest BCUT2D eigenvalue weighted by Gasteiger charge is -2.25. The highest BCUT2D eigenvalue weighted by Gasteiger charge is 2.24. The molecule has 2 amide bonds. The highest BCUT2D eigenvalue weighted by Crippen LogP contribution is 2.34. The number of ether oxygens (including phenoxy) is 1. The van der Waals surface area contributed by atoms with Crippen LogP contribution in [-0.2, 0) is 9.53 Å². The minimum atomic E-state index is -0.636. The van der Waals surface area contributed by atoms with E-state index in [2.05, 4.69) is 15.6 Å². The van der Waals surface area contributed by atoms with Gasteiger partial charge in [-0.2, -0.15) is 10.5 Å². The van der Waals surface area contributed by atoms with Crippen LogP contribution in [-0.4, -0.2) is 22.6 Å². The van der Waals surface area contributed by atoms with Gasteiger partial charge in [-0.1, -0.05) is 13.3 Å². The molecule has 1 aromatic heterocycles. The zero-order valence-corrected chi connectivity index (χ0v) is 19.2. The fourth-order valence-corrected chi connectivity index (χ4v) is 3.69. The Bertz CT molecular complexity index is 1150. The summed E-state index contributed by atoms with van der Waals surface area (Å²) < 4.78 is 5.43. The van der Waals surface area contributed by atoms with E-state index in [1.807, 2.05) is 25.1 Å². The molecule has 2 N–H and O–H groups in total. The minimum Gasteiger partial charge on any atom is -0.444 e. The highest BCUT2D eigenvalue weighted by molar-refractivity contribution is 5.97. The normalized spacial score (nSPS) is 18.3. The molecule has 8 heteroatoms. The molecule has 0 saturated heterocycles. The highest BCUT2D eigenvalue weighted by atomic mass is 16.6. The minimum absolute atomic E-state index is 0.170. The summed E-state index contributed by atoms with van der Waals surface area (Å²) in [6.45, 7) is 7.23. The van der Waals surface area contributed by atoms with Crippen molar-refractivity contribution in [2.75, 3.05) is 5.32 Å². The van der Waals surface area contributed by atoms with Gasteiger partial charge in [0.1, 0.15) is 17.7 Å². The lowest BCUT2D eigenvalue weighted by Crippen LogP contribution is -2.35. The molecule has 0 aliphatic carbocycles. The monoisotopic (exact) mass is 445 g/mol. The Morgan fingerprint density at radius 1 is 1.18 bits per heavy atom. The molecule has 33 heavy (non-hydrogen) atoms. The van der Waals surface area contributed by atoms with E-state index in [0.717, 1.165) is 0 Å². The lowest BCUT2D eigenvalue weighted by molar-refractivity contribution is -0.119. The smallest absolute Gasteiger partial charge is 0.408 e. The third kappa shape index (κ3) is 5.87. The number of rotatable bonds is 1. The largest absolute Gasteiger partial charge is 0.444 e. The van der Waals surface area contributed by atoms with Gasteiger partial charge in [-0.3, -0.25) is 9.78 Å². The van der Waals surface area contributed by atoms with Crippen molar-refractivity contribution in [3.05, 3.63) is 47.3 Å². The molecular weight excluding hydrogens is 418 g/mol. The van der Waals surface area contributed by atoms with E-state index in [-0.39, 0.29) is 23.0 Å². The molecule has 0 saturated carbocycles. The number of hydrogen-bond acceptors (Lipinski definition) is 6. The average Bonchev–Trinajstić information content (AvgIpc) is 2.76. The Kier molecular flexibility index (Phi) is 6.98. The van der Waals surface area contributed by atoms with Crippen LogP contribution < -0.4 is 10.6 Å². The number of nitrogens with one attached hydrogen (secondary N) is 2. The third-order valence-electron chi connectivity index (χ3n) is 5.37. The summed E-state index contributed by atoms with van der Waals surface area (Å²) in [4.78, 5) is 29.8. The first-order valence-electron chi connectivity index (χ1n) is 10.9. The summed E-state index contributed by atoms with van der Waals surface area (Å²) in [5.74, 6) is -0.455. The Morgan fingerprint density at radius 3 is 2.55 bits per heavy atom. The first-order chi connectivity index (χ1) is 15.6. The summed E-state index contributed by atoms with van der Waals surface area (Å²) in [5, 5.41) is 24.8. The molecule has 2 heterocycles. The molecule has 0 radical (unpaired) electrons. The zero-order valence-electron chi connectivity index (χ0n) is 19.2. The van der Waals surface area contributed by atoms with Gasteiger partial charge in [0, 0.05) is 23.4 Å². The van der Waals surface area contributed by atoms with Crippen molar-refractivity contribution in [2.45, 2.75) is 58.6 Å². The second kappa shape index (κ2) is 9.70. The Hall–Kier alpha value is -3.91. The first kappa shape index (κ1) is 23.7. The van der Waals surface area contributed by atoms with Crippen LogP contribution in [0.25, 0.3) is 11.1 Å². The number of amides is 2. The molecule has 0 fully saturated rings. The Morgan fingerprint density at radius 2 is 1.88 bits per heavy atom. The second-order valence-electron chi connectivity index (χ2n) is 9.16. The zero-order chi connectivity index (χ0) is 24.2. The quantitative estimate of drug-likeness (QED) is 0.648. The summed E-state index contributed by atoms with van der Waals surface area (Å²) in [6, 6.07) is 10.4. The van der Waals surface area contributed by atoms with Crippen LogP contribution in [0.15, 0.2) is 30.5 Å². The topological polar surface area (TPSA) is 128 Å². The van der Waals surface area contributed by atoms with Crippen LogP contribution in [0.2, 0.25) is 0 Å². The van der Waals surface area contributed by atoms with Crippen LogP contribution in [0.3, 0.4) is 0 Å². The molecular formula is C25H27N5O3. The predicted octanol–water partition coefficient (Wildman–Crippen LogP) is 4.82. The maximum atomic E-state index is 12.8. The van der Waals surface area contributed by atoms with Gasteiger partial charge in [-0.25, -0.2) is 4.79 Å². The molecule has 2 bridgehead atoms. The van der Waals surface area contributed by atoms with Gasteiger partial charge in [0.05, 0.1) is 22.9 Å². The van der Waals surface area contributed by atoms with Crippen molar-refractivity contribution in [2.24, 2.45) is 5.92 Å². The standard InChI is InChI=1S/C25H27N5O3/c1-15-6-5-7-20(30-24(32)33-25(2,3)4)22-11-16(8-9-28-22)19-10-17(13-26)18(14-27)12-21(19)29-23(15)31/h8-12,15,20H,5-7H2,1-4H3,(H,29,31)(H,30,32)/t15-,20+/m1/s1. The van der Waals surface area contributed by atoms with Gasteiger partial charge in [-0.15, -0.1) is 0 Å². The van der Waals surface area contributed by atoms with Gasteiger partial charge >= 0.3 is 6.09 Å². The summed E-state index contributed by atoms with van der Waals surface area (Å²) >= 11 is 0. The molecule has 1 aliphatic heterocycles. The number of hydrogen-bond donors (Lipinski definition) is 2. The van der Waals surface area contributed by atoms with Gasteiger partial charge in [0.2, 0.25) is 5.91 Å². The fraction of sp³-hybridized carbons (Fsp3) is 0.400. The lowest BCUT2D eigenvalue weighted by atomic mass is 9.94. The number of fused-ring (bicyclic) bond motifs is 4. The van der Waals surface area contributed by atoms with Crippen molar-refractivity contribution in [1.82, 2.24) is 10.3 Å². The van der Waals surface area contributed by atoms with Crippen LogP contribution in [0.1, 0.15) is 69.8 Å². The van der Waals surface area contributed by atoms with Gasteiger partial charge < -0.3 is 15.4 Å². The molecule has 3 rings (SSSR count). The number of nitrogens with zero attached hydrogens (tertiary/aromatic N) is 3. The van der Waals surface area contributed by atoms with E-state index in [4.69, 9.17) is 4.74 Å². The second-order valence-corrected chi connectivity index (χ2v) is 9.16. The van der Waals surface area contributed by atoms with Crippen LogP contribution in [0, 0.1) is 28.6 Å². The van der Waals surface area contributed by atoms with Gasteiger partial charge in [-0.05, 0) is 63.4 Å². The number of nitriles is 2. The van der Waals surface area contributed by atoms with Crippen LogP contribution in [0.4, 0.5) is 10.5 Å². The maximum absolute atomic E-state index is 12.8. The number of pyridine rings is 1. The van der Waals surface area contributed by atoms with E-state index < -0.39 is 17.7 Å². The van der Waals surface area contributed by atoms with Crippen molar-refractivity contribution in [3.63, 3.8) is 0 Å². The van der Waals surface area contributed by atoms with Crippen molar-refractivity contribution < 1.29 is 14.3 Å². The molecule has 1 aromatic carbocycles. The van der Waals surface area contributed by atoms with Crippen LogP contribution >= 0.6 is 0 Å². The summed E-state index contributed by atoms with van der Waals surface area (Å²) in [6.07, 6.45) is 2.96. The molecule has 8 nitrogen and oxygen atoms in total. The predicted molar refractivity (Wildman–Crippen MR) is 123 cm³/mol. The average molecular weight is 446 g/mol. The van der Waals surface area contributed by atoms with E-state index in [1.165, 1.54) is 6.07 Å². The van der Waals surface area contributed by atoms with Crippen molar-refractivity contribution in [3.8, 4) is 23.3 Å². The fourth-order valence-electron chi connectivity index (χ4n) is 3.69. The van der Waals surface area contributed by atoms with Crippen molar-refractivity contribution in [1.29, 1.82) is 10.5 Å². The molecule has 1 aliphatic rings. The van der Waals surface area contributed by atoms with E-state index in [1.54, 1.807) is 39.1 Å². The van der Waals surface area contributed by atoms with Gasteiger partial charge in [0.15, 0.2) is 0 Å².